The molecule has 0 aliphatic heterocycles. The largest absolute Gasteiger partial charge is 0.368 e. The quantitative estimate of drug-likeness (QED) is 0.892. The molecule has 19 heavy (non-hydrogen) atoms. The van der Waals surface area contributed by atoms with Gasteiger partial charge in [-0.2, -0.15) is 5.10 Å². The Kier molecular flexibility index (Phi) is 4.16. The highest BCUT2D eigenvalue weighted by Crippen LogP contribution is 2.25. The molecule has 4 nitrogen and oxygen atoms in total. The van der Waals surface area contributed by atoms with E-state index in [-0.39, 0.29) is 5.82 Å². The van der Waals surface area contributed by atoms with E-state index in [9.17, 15) is 4.39 Å². The fraction of sp³-hybridized carbons (Fsp3) is 0.357. The van der Waals surface area contributed by atoms with Crippen LogP contribution in [0.25, 0.3) is 0 Å². The van der Waals surface area contributed by atoms with Crippen molar-refractivity contribution in [2.75, 3.05) is 18.5 Å². The van der Waals surface area contributed by atoms with Gasteiger partial charge in [-0.3, -0.25) is 4.68 Å². The van der Waals surface area contributed by atoms with Crippen LogP contribution in [0.5, 0.6) is 0 Å². The average Bonchev–Trinajstić information content (AvgIpc) is 2.75. The summed E-state index contributed by atoms with van der Waals surface area (Å²) in [6.07, 6.45) is 4.39. The normalized spacial score (nSPS) is 10.7. The van der Waals surface area contributed by atoms with Crippen molar-refractivity contribution in [3.63, 3.8) is 0 Å². The standard InChI is InChI=1S/C14H19FN4/c1-18(9-11-8-17-19(2)10-11)14-12(6-7-16)4-3-5-13(14)15/h3-5,8,10H,6-7,9,16H2,1-2H3. The minimum atomic E-state index is -0.211. The zero-order chi connectivity index (χ0) is 13.8. The minimum absolute atomic E-state index is 0.211. The monoisotopic (exact) mass is 262 g/mol. The molecular weight excluding hydrogens is 243 g/mol. The Bertz CT molecular complexity index is 550. The lowest BCUT2D eigenvalue weighted by atomic mass is 10.1. The lowest BCUT2D eigenvalue weighted by Gasteiger charge is -2.22. The highest BCUT2D eigenvalue weighted by Gasteiger charge is 2.13. The van der Waals surface area contributed by atoms with Gasteiger partial charge in [0.15, 0.2) is 0 Å². The van der Waals surface area contributed by atoms with Crippen LogP contribution in [-0.4, -0.2) is 23.4 Å². The second-order valence-electron chi connectivity index (χ2n) is 4.66. The van der Waals surface area contributed by atoms with Crippen molar-refractivity contribution >= 4 is 5.69 Å². The molecule has 5 heteroatoms. The lowest BCUT2D eigenvalue weighted by Crippen LogP contribution is -2.20. The topological polar surface area (TPSA) is 47.1 Å². The van der Waals surface area contributed by atoms with Gasteiger partial charge in [0.05, 0.1) is 11.9 Å². The summed E-state index contributed by atoms with van der Waals surface area (Å²) >= 11 is 0. The Labute approximate surface area is 112 Å². The van der Waals surface area contributed by atoms with Gasteiger partial charge in [-0.05, 0) is 24.6 Å². The van der Waals surface area contributed by atoms with Gasteiger partial charge in [0.2, 0.25) is 0 Å². The van der Waals surface area contributed by atoms with E-state index < -0.39 is 0 Å². The van der Waals surface area contributed by atoms with Crippen molar-refractivity contribution in [1.29, 1.82) is 0 Å². The van der Waals surface area contributed by atoms with Crippen molar-refractivity contribution in [3.8, 4) is 0 Å². The molecule has 0 amide bonds. The molecule has 0 aliphatic rings. The molecule has 2 N–H and O–H groups in total. The van der Waals surface area contributed by atoms with E-state index in [1.54, 1.807) is 16.9 Å². The zero-order valence-electron chi connectivity index (χ0n) is 11.3. The van der Waals surface area contributed by atoms with Crippen LogP contribution in [0.2, 0.25) is 0 Å². The molecule has 0 aliphatic carbocycles. The second-order valence-corrected chi connectivity index (χ2v) is 4.66. The van der Waals surface area contributed by atoms with Crippen molar-refractivity contribution in [1.82, 2.24) is 9.78 Å². The highest BCUT2D eigenvalue weighted by molar-refractivity contribution is 5.54. The third kappa shape index (κ3) is 3.12. The zero-order valence-corrected chi connectivity index (χ0v) is 11.3. The van der Waals surface area contributed by atoms with Gasteiger partial charge in [-0.25, -0.2) is 4.39 Å². The Morgan fingerprint density at radius 3 is 2.84 bits per heavy atom. The number of hydrogen-bond acceptors (Lipinski definition) is 3. The first kappa shape index (κ1) is 13.5. The molecule has 0 saturated carbocycles. The van der Waals surface area contributed by atoms with E-state index in [1.807, 2.05) is 31.3 Å². The number of nitrogens with two attached hydrogens (primary N) is 1. The number of rotatable bonds is 5. The number of anilines is 1. The van der Waals surface area contributed by atoms with Crippen LogP contribution >= 0.6 is 0 Å². The van der Waals surface area contributed by atoms with Gasteiger partial charge >= 0.3 is 0 Å². The summed E-state index contributed by atoms with van der Waals surface area (Å²) in [5.74, 6) is -0.211. The number of aryl methyl sites for hydroxylation is 1. The van der Waals surface area contributed by atoms with Gasteiger partial charge in [0.25, 0.3) is 0 Å². The Morgan fingerprint density at radius 2 is 2.21 bits per heavy atom. The van der Waals surface area contributed by atoms with Crippen LogP contribution in [0, 0.1) is 5.82 Å². The number of para-hydroxylation sites is 1. The van der Waals surface area contributed by atoms with Gasteiger partial charge < -0.3 is 10.6 Å². The van der Waals surface area contributed by atoms with Crippen molar-refractivity contribution in [3.05, 3.63) is 47.5 Å². The van der Waals surface area contributed by atoms with E-state index in [0.29, 0.717) is 25.2 Å². The molecule has 1 heterocycles. The van der Waals surface area contributed by atoms with Crippen LogP contribution in [-0.2, 0) is 20.0 Å². The van der Waals surface area contributed by atoms with Crippen LogP contribution < -0.4 is 10.6 Å². The van der Waals surface area contributed by atoms with Gasteiger partial charge in [0.1, 0.15) is 5.82 Å². The van der Waals surface area contributed by atoms with Crippen molar-refractivity contribution in [2.45, 2.75) is 13.0 Å². The van der Waals surface area contributed by atoms with Crippen molar-refractivity contribution < 1.29 is 4.39 Å². The summed E-state index contributed by atoms with van der Waals surface area (Å²) < 4.78 is 15.8. The number of benzene rings is 1. The van der Waals surface area contributed by atoms with Crippen LogP contribution in [0.3, 0.4) is 0 Å². The molecule has 0 bridgehead atoms. The van der Waals surface area contributed by atoms with E-state index in [0.717, 1.165) is 11.1 Å². The molecule has 2 rings (SSSR count). The molecule has 1 aromatic carbocycles. The number of aromatic nitrogens is 2. The molecule has 0 spiro atoms. The first-order valence-electron chi connectivity index (χ1n) is 6.28. The third-order valence-corrected chi connectivity index (χ3v) is 3.04. The van der Waals surface area contributed by atoms with Gasteiger partial charge in [-0.1, -0.05) is 12.1 Å². The molecule has 0 atom stereocenters. The maximum Gasteiger partial charge on any atom is 0.146 e. The van der Waals surface area contributed by atoms with E-state index in [4.69, 9.17) is 5.73 Å². The predicted molar refractivity (Wildman–Crippen MR) is 74.5 cm³/mol. The highest BCUT2D eigenvalue weighted by atomic mass is 19.1. The Morgan fingerprint density at radius 1 is 1.42 bits per heavy atom. The SMILES string of the molecule is CN(Cc1cnn(C)c1)c1c(F)cccc1CCN. The maximum atomic E-state index is 14.0. The molecule has 0 unspecified atom stereocenters. The Hall–Kier alpha value is -1.88. The van der Waals surface area contributed by atoms with Gasteiger partial charge in [0, 0.05) is 32.4 Å². The summed E-state index contributed by atoms with van der Waals surface area (Å²) in [6, 6.07) is 5.13. The van der Waals surface area contributed by atoms with Crippen LogP contribution in [0.1, 0.15) is 11.1 Å². The Balaban J connectivity index is 2.24. The van der Waals surface area contributed by atoms with Crippen molar-refractivity contribution in [2.24, 2.45) is 12.8 Å². The second kappa shape index (κ2) is 5.84. The summed E-state index contributed by atoms with van der Waals surface area (Å²) in [5, 5.41) is 4.12. The molecule has 0 saturated heterocycles. The first-order chi connectivity index (χ1) is 9.11. The molecular formula is C14H19FN4. The summed E-state index contributed by atoms with van der Waals surface area (Å²) in [7, 11) is 3.75. The molecule has 2 aromatic rings. The lowest BCUT2D eigenvalue weighted by molar-refractivity contribution is 0.619. The van der Waals surface area contributed by atoms with Gasteiger partial charge in [-0.15, -0.1) is 0 Å². The van der Waals surface area contributed by atoms with Crippen LogP contribution in [0.4, 0.5) is 10.1 Å². The maximum absolute atomic E-state index is 14.0. The van der Waals surface area contributed by atoms with E-state index in [2.05, 4.69) is 5.10 Å². The number of halogens is 1. The number of nitrogens with zero attached hydrogens (tertiary/aromatic N) is 3. The molecule has 0 radical (unpaired) electrons. The summed E-state index contributed by atoms with van der Waals surface area (Å²) in [4.78, 5) is 1.90. The smallest absolute Gasteiger partial charge is 0.146 e. The van der Waals surface area contributed by atoms with E-state index in [1.165, 1.54) is 6.07 Å². The fourth-order valence-electron chi connectivity index (χ4n) is 2.25. The molecule has 1 aromatic heterocycles. The average molecular weight is 262 g/mol. The third-order valence-electron chi connectivity index (χ3n) is 3.04. The number of hydrogen-bond donors (Lipinski definition) is 1. The molecule has 0 fully saturated rings. The first-order valence-corrected chi connectivity index (χ1v) is 6.28. The minimum Gasteiger partial charge on any atom is -0.368 e. The summed E-state index contributed by atoms with van der Waals surface area (Å²) in [5.41, 5.74) is 8.19. The summed E-state index contributed by atoms with van der Waals surface area (Å²) in [6.45, 7) is 1.13. The fourth-order valence-corrected chi connectivity index (χ4v) is 2.25. The predicted octanol–water partition coefficient (Wildman–Crippen LogP) is 1.70. The molecule has 102 valence electrons. The van der Waals surface area contributed by atoms with Crippen LogP contribution in [0.15, 0.2) is 30.6 Å². The van der Waals surface area contributed by atoms with E-state index >= 15 is 0 Å².